The Bertz CT molecular complexity index is 1190. The van der Waals surface area contributed by atoms with Gasteiger partial charge in [0.1, 0.15) is 18.0 Å². The molecule has 1 aromatic carbocycles. The van der Waals surface area contributed by atoms with E-state index in [1.165, 1.54) is 17.8 Å². The van der Waals surface area contributed by atoms with Crippen molar-refractivity contribution >= 4 is 24.9 Å². The minimum Gasteiger partial charge on any atom is -0.476 e. The molecule has 0 radical (unpaired) electrons. The highest BCUT2D eigenvalue weighted by atomic mass is 31.2. The summed E-state index contributed by atoms with van der Waals surface area (Å²) in [4.78, 5) is 12.5. The van der Waals surface area contributed by atoms with Crippen molar-refractivity contribution in [3.63, 3.8) is 0 Å². The third-order valence-corrected chi connectivity index (χ3v) is 6.61. The van der Waals surface area contributed by atoms with Gasteiger partial charge in [-0.05, 0) is 26.0 Å². The van der Waals surface area contributed by atoms with E-state index >= 15 is 4.39 Å². The lowest BCUT2D eigenvalue weighted by atomic mass is 9.98. The van der Waals surface area contributed by atoms with Crippen LogP contribution in [0.4, 0.5) is 10.3 Å². The van der Waals surface area contributed by atoms with E-state index in [2.05, 4.69) is 15.0 Å². The van der Waals surface area contributed by atoms with Crippen molar-refractivity contribution in [2.75, 3.05) is 18.9 Å². The number of phosphoric ester groups is 1. The van der Waals surface area contributed by atoms with E-state index in [1.807, 2.05) is 0 Å². The predicted octanol–water partition coefficient (Wildman–Crippen LogP) is 3.04. The fourth-order valence-electron chi connectivity index (χ4n) is 3.82. The summed E-state index contributed by atoms with van der Waals surface area (Å²) in [6, 6.07) is 8.38. The SMILES string of the molecule is CCOc1nc(N)nc2c1ncn2[C@@H]1O[C@@H]2COP(=O)(Oc3ccccc3)O[C@H]2[C@@]1(C)F. The molecule has 2 aliphatic heterocycles. The number of hydrogen-bond donors (Lipinski definition) is 1. The summed E-state index contributed by atoms with van der Waals surface area (Å²) in [7, 11) is -4.07. The number of ether oxygens (including phenoxy) is 2. The van der Waals surface area contributed by atoms with Crippen LogP contribution in [-0.4, -0.2) is 50.6 Å². The Balaban J connectivity index is 1.46. The minimum absolute atomic E-state index is 0.0565. The van der Waals surface area contributed by atoms with Crippen molar-refractivity contribution in [1.82, 2.24) is 19.5 Å². The quantitative estimate of drug-likeness (QED) is 0.561. The number of aromatic nitrogens is 4. The summed E-state index contributed by atoms with van der Waals surface area (Å²) < 4.78 is 58.2. The molecular formula is C19H21FN5O6P. The van der Waals surface area contributed by atoms with Gasteiger partial charge in [0.05, 0.1) is 19.5 Å². The van der Waals surface area contributed by atoms with Crippen molar-refractivity contribution in [2.45, 2.75) is 38.0 Å². The lowest BCUT2D eigenvalue weighted by molar-refractivity contribution is -0.0655. The van der Waals surface area contributed by atoms with Crippen LogP contribution in [0.2, 0.25) is 0 Å². The lowest BCUT2D eigenvalue weighted by Crippen LogP contribution is -2.45. The summed E-state index contributed by atoms with van der Waals surface area (Å²) in [5.41, 5.74) is 4.21. The summed E-state index contributed by atoms with van der Waals surface area (Å²) in [5, 5.41) is 0. The van der Waals surface area contributed by atoms with Gasteiger partial charge in [0, 0.05) is 0 Å². The predicted molar refractivity (Wildman–Crippen MR) is 110 cm³/mol. The fourth-order valence-corrected chi connectivity index (χ4v) is 5.30. The topological polar surface area (TPSA) is 133 Å². The van der Waals surface area contributed by atoms with Gasteiger partial charge in [-0.15, -0.1) is 0 Å². The number of benzene rings is 1. The zero-order valence-electron chi connectivity index (χ0n) is 17.3. The van der Waals surface area contributed by atoms with E-state index in [1.54, 1.807) is 37.3 Å². The lowest BCUT2D eigenvalue weighted by Gasteiger charge is -2.33. The molecule has 2 aromatic heterocycles. The number of para-hydroxylation sites is 1. The van der Waals surface area contributed by atoms with Gasteiger partial charge in [0.25, 0.3) is 0 Å². The Morgan fingerprint density at radius 2 is 2.12 bits per heavy atom. The maximum absolute atomic E-state index is 16.1. The first-order valence-electron chi connectivity index (χ1n) is 9.95. The molecule has 3 aromatic rings. The normalized spacial score (nSPS) is 32.0. The van der Waals surface area contributed by atoms with Gasteiger partial charge < -0.3 is 19.7 Å². The number of nitrogens with zero attached hydrogens (tertiary/aromatic N) is 4. The number of anilines is 1. The molecule has 1 unspecified atom stereocenters. The monoisotopic (exact) mass is 465 g/mol. The molecule has 5 atom stereocenters. The molecule has 0 bridgehead atoms. The third-order valence-electron chi connectivity index (χ3n) is 5.22. The van der Waals surface area contributed by atoms with Crippen LogP contribution in [-0.2, 0) is 18.3 Å². The molecule has 13 heteroatoms. The first-order valence-corrected chi connectivity index (χ1v) is 11.4. The first-order chi connectivity index (χ1) is 15.3. The van der Waals surface area contributed by atoms with Crippen LogP contribution in [0, 0.1) is 0 Å². The average molecular weight is 465 g/mol. The van der Waals surface area contributed by atoms with Gasteiger partial charge in [0.15, 0.2) is 23.1 Å². The van der Waals surface area contributed by atoms with Crippen LogP contribution >= 0.6 is 7.82 Å². The molecule has 0 saturated carbocycles. The number of fused-ring (bicyclic) bond motifs is 2. The fraction of sp³-hybridized carbons (Fsp3) is 0.421. The van der Waals surface area contributed by atoms with Crippen LogP contribution in [0.15, 0.2) is 36.7 Å². The van der Waals surface area contributed by atoms with Crippen LogP contribution in [0.3, 0.4) is 0 Å². The number of halogens is 1. The second kappa shape index (κ2) is 7.66. The van der Waals surface area contributed by atoms with Gasteiger partial charge in [-0.25, -0.2) is 13.9 Å². The van der Waals surface area contributed by atoms with E-state index in [9.17, 15) is 4.57 Å². The summed E-state index contributed by atoms with van der Waals surface area (Å²) in [5.74, 6) is 0.408. The van der Waals surface area contributed by atoms with Crippen LogP contribution in [0.25, 0.3) is 11.2 Å². The zero-order valence-corrected chi connectivity index (χ0v) is 18.1. The van der Waals surface area contributed by atoms with E-state index in [-0.39, 0.29) is 29.8 Å². The molecule has 4 heterocycles. The highest BCUT2D eigenvalue weighted by Gasteiger charge is 2.62. The number of imidazole rings is 1. The molecule has 2 aliphatic rings. The van der Waals surface area contributed by atoms with E-state index in [0.29, 0.717) is 12.1 Å². The van der Waals surface area contributed by atoms with E-state index < -0.39 is 31.9 Å². The molecule has 5 rings (SSSR count). The Hall–Kier alpha value is -2.79. The number of nitrogens with two attached hydrogens (primary N) is 1. The van der Waals surface area contributed by atoms with Gasteiger partial charge in [-0.3, -0.25) is 13.6 Å². The Labute approximate surface area is 182 Å². The summed E-state index contributed by atoms with van der Waals surface area (Å²) >= 11 is 0. The second-order valence-electron chi connectivity index (χ2n) is 7.50. The number of nitrogen functional groups attached to an aromatic ring is 1. The molecule has 32 heavy (non-hydrogen) atoms. The van der Waals surface area contributed by atoms with Crippen molar-refractivity contribution in [2.24, 2.45) is 0 Å². The molecule has 0 aliphatic carbocycles. The Kier molecular flexibility index (Phi) is 5.05. The smallest absolute Gasteiger partial charge is 0.476 e. The number of hydrogen-bond acceptors (Lipinski definition) is 10. The van der Waals surface area contributed by atoms with Crippen molar-refractivity contribution < 1.29 is 32.0 Å². The van der Waals surface area contributed by atoms with Crippen molar-refractivity contribution in [3.8, 4) is 11.6 Å². The minimum atomic E-state index is -4.07. The third kappa shape index (κ3) is 3.49. The zero-order chi connectivity index (χ0) is 22.5. The maximum atomic E-state index is 16.1. The van der Waals surface area contributed by atoms with Gasteiger partial charge in [0.2, 0.25) is 11.8 Å². The van der Waals surface area contributed by atoms with Crippen molar-refractivity contribution in [3.05, 3.63) is 36.7 Å². The van der Waals surface area contributed by atoms with Crippen LogP contribution < -0.4 is 15.0 Å². The molecule has 2 fully saturated rings. The molecule has 0 amide bonds. The highest BCUT2D eigenvalue weighted by Crippen LogP contribution is 2.59. The van der Waals surface area contributed by atoms with Crippen molar-refractivity contribution in [1.29, 1.82) is 0 Å². The molecule has 2 saturated heterocycles. The molecule has 11 nitrogen and oxygen atoms in total. The molecule has 2 N–H and O–H groups in total. The Morgan fingerprint density at radius 3 is 2.88 bits per heavy atom. The average Bonchev–Trinajstić information content (AvgIpc) is 3.27. The largest absolute Gasteiger partial charge is 0.530 e. The van der Waals surface area contributed by atoms with E-state index in [0.717, 1.165) is 0 Å². The number of phosphoric acid groups is 1. The molecular weight excluding hydrogens is 444 g/mol. The standard InChI is InChI=1S/C19H21FN5O6P/c1-3-27-16-13-15(23-18(21)24-16)25(10-22-13)17-19(2,20)14-12(29-17)9-28-32(26,31-14)30-11-7-5-4-6-8-11/h4-8,10,12,14,17H,3,9H2,1-2H3,(H2,21,23,24)/t12-,14-,17-,19-,32?/m1/s1. The number of rotatable bonds is 5. The van der Waals surface area contributed by atoms with E-state index in [4.69, 9.17) is 28.8 Å². The first kappa shape index (κ1) is 21.1. The van der Waals surface area contributed by atoms with Crippen LogP contribution in [0.1, 0.15) is 20.1 Å². The molecule has 170 valence electrons. The summed E-state index contributed by atoms with van der Waals surface area (Å²) in [6.45, 7) is 3.24. The Morgan fingerprint density at radius 1 is 1.34 bits per heavy atom. The number of alkyl halides is 1. The van der Waals surface area contributed by atoms with Gasteiger partial charge in [-0.1, -0.05) is 18.2 Å². The van der Waals surface area contributed by atoms with Gasteiger partial charge in [-0.2, -0.15) is 9.97 Å². The summed E-state index contributed by atoms with van der Waals surface area (Å²) in [6.07, 6.45) is -1.90. The second-order valence-corrected chi connectivity index (χ2v) is 9.04. The highest BCUT2D eigenvalue weighted by molar-refractivity contribution is 7.49. The molecule has 0 spiro atoms. The van der Waals surface area contributed by atoms with Crippen LogP contribution in [0.5, 0.6) is 11.6 Å². The maximum Gasteiger partial charge on any atom is 0.530 e. The van der Waals surface area contributed by atoms with Gasteiger partial charge >= 0.3 is 7.82 Å².